The number of likely N-dealkylation sites (N-methyl/N-ethyl adjacent to an activating group) is 1. The molecule has 0 amide bonds. The van der Waals surface area contributed by atoms with Gasteiger partial charge in [-0.25, -0.2) is 0 Å². The number of fused-ring (bicyclic) bond motifs is 4. The van der Waals surface area contributed by atoms with Crippen molar-refractivity contribution >= 4 is 22.5 Å². The van der Waals surface area contributed by atoms with Crippen molar-refractivity contribution in [1.82, 2.24) is 19.0 Å². The summed E-state index contributed by atoms with van der Waals surface area (Å²) < 4.78 is 12.4. The number of aromatic nitrogens is 3. The first-order valence-electron chi connectivity index (χ1n) is 20.0. The van der Waals surface area contributed by atoms with Gasteiger partial charge in [0.15, 0.2) is 0 Å². The van der Waals surface area contributed by atoms with Crippen molar-refractivity contribution in [3.8, 4) is 22.9 Å². The number of rotatable bonds is 5. The molecule has 0 saturated carbocycles. The Labute approximate surface area is 344 Å². The standard InChI is InChI=1S/C49H55N5O.Pt/c1-47(2,3)34-20-22-50-46(27-34)52-30-33-21-23-51(10)31-42(33)41-19-18-40(29-45(41)52)55-39-15-13-14-37(28-39)53-32-54(44-17-12-11-16-43(44)53)38-25-35(48(4,5)6)24-36(26-38)49(7,8)9;/h11-20,22,24-27,33,42H,21,23,30-31H2,1-10H3;/q-2;. The summed E-state index contributed by atoms with van der Waals surface area (Å²) in [5.41, 5.74) is 10.7. The quantitative estimate of drug-likeness (QED) is 0.162. The third-order valence-corrected chi connectivity index (χ3v) is 12.7. The second kappa shape index (κ2) is 14.3. The van der Waals surface area contributed by atoms with Crippen molar-refractivity contribution in [2.24, 2.45) is 5.92 Å². The van der Waals surface area contributed by atoms with Crippen LogP contribution in [0.5, 0.6) is 11.5 Å². The molecule has 4 aromatic carbocycles. The first-order chi connectivity index (χ1) is 26.5. The molecule has 294 valence electrons. The van der Waals surface area contributed by atoms with Crippen LogP contribution in [0.2, 0.25) is 0 Å². The molecule has 56 heavy (non-hydrogen) atoms. The molecule has 0 N–H and O–H groups in total. The molecule has 2 aliphatic heterocycles. The molecule has 2 aromatic heterocycles. The van der Waals surface area contributed by atoms with Crippen LogP contribution in [0.4, 0.5) is 11.5 Å². The number of hydrogen-bond acceptors (Lipinski definition) is 4. The van der Waals surface area contributed by atoms with Crippen LogP contribution in [-0.4, -0.2) is 45.7 Å². The van der Waals surface area contributed by atoms with Crippen molar-refractivity contribution in [3.63, 3.8) is 0 Å². The van der Waals surface area contributed by atoms with E-state index in [-0.39, 0.29) is 16.2 Å². The topological polar surface area (TPSA) is 38.5 Å². The van der Waals surface area contributed by atoms with E-state index < -0.39 is 0 Å². The van der Waals surface area contributed by atoms with Gasteiger partial charge in [0.1, 0.15) is 0 Å². The Morgan fingerprint density at radius 3 is 2.04 bits per heavy atom. The van der Waals surface area contributed by atoms with Gasteiger partial charge < -0.3 is 4.90 Å². The van der Waals surface area contributed by atoms with E-state index in [9.17, 15) is 0 Å². The van der Waals surface area contributed by atoms with Gasteiger partial charge in [-0.2, -0.15) is 0 Å². The van der Waals surface area contributed by atoms with Crippen LogP contribution in [0.25, 0.3) is 22.4 Å². The van der Waals surface area contributed by atoms with Gasteiger partial charge in [0, 0.05) is 6.20 Å². The fourth-order valence-electron chi connectivity index (χ4n) is 8.29. The number of pyridine rings is 1. The normalized spacial score (nSPS) is 17.9. The van der Waals surface area contributed by atoms with Crippen molar-refractivity contribution in [2.45, 2.75) is 90.9 Å². The summed E-state index contributed by atoms with van der Waals surface area (Å²) in [6.07, 6.45) is 3.13. The predicted octanol–water partition coefficient (Wildman–Crippen LogP) is 11.4. The molecular formula is C49H55N5OPt-2. The van der Waals surface area contributed by atoms with Gasteiger partial charge in [-0.05, 0) is 37.1 Å². The zero-order chi connectivity index (χ0) is 39.7. The number of hydrogen-bond donors (Lipinski definition) is 0. The maximum atomic E-state index is 6.68. The molecule has 1 saturated heterocycles. The molecule has 2 unspecified atom stereocenters. The monoisotopic (exact) mass is 924 g/mol. The number of nitrogens with zero attached hydrogens (tertiary/aromatic N) is 5. The van der Waals surface area contributed by atoms with Crippen molar-refractivity contribution in [1.29, 1.82) is 0 Å². The van der Waals surface area contributed by atoms with E-state index in [1.54, 1.807) is 0 Å². The predicted molar refractivity (Wildman–Crippen MR) is 226 cm³/mol. The van der Waals surface area contributed by atoms with Crippen LogP contribution >= 0.6 is 0 Å². The Morgan fingerprint density at radius 2 is 1.36 bits per heavy atom. The molecule has 4 heterocycles. The van der Waals surface area contributed by atoms with Crippen LogP contribution in [0, 0.1) is 21.9 Å². The second-order valence-corrected chi connectivity index (χ2v) is 20.0. The summed E-state index contributed by atoms with van der Waals surface area (Å²) in [6, 6.07) is 38.0. The Balaban J connectivity index is 1.19. The summed E-state index contributed by atoms with van der Waals surface area (Å²) in [6.45, 7) is 23.6. The molecule has 0 bridgehead atoms. The molecular weight excluding hydrogens is 870 g/mol. The molecule has 0 aliphatic carbocycles. The summed E-state index contributed by atoms with van der Waals surface area (Å²) >= 11 is 2.48. The van der Waals surface area contributed by atoms with Crippen LogP contribution in [0.3, 0.4) is 0 Å². The van der Waals surface area contributed by atoms with E-state index in [0.29, 0.717) is 23.3 Å². The van der Waals surface area contributed by atoms with E-state index in [0.717, 1.165) is 57.4 Å². The zero-order valence-electron chi connectivity index (χ0n) is 34.6. The SMILES string of the molecule is CN1CCC2CN(c3cc(C(C)(C)C)ccn3)c3[c-]c(Oc4[c-]c(-n5[c](=[Pt])n(-c6cc(C(C)(C)C)cc(C(C)(C)C)c6)c6ccccc65)ccc4)ccc3C2C1. The minimum absolute atomic E-state index is 0.00613. The van der Waals surface area contributed by atoms with Gasteiger partial charge in [-0.1, -0.05) is 20.8 Å². The first-order valence-corrected chi connectivity index (χ1v) is 21.1. The van der Waals surface area contributed by atoms with Gasteiger partial charge in [0.25, 0.3) is 0 Å². The van der Waals surface area contributed by atoms with Crippen LogP contribution in [-0.2, 0) is 35.6 Å². The van der Waals surface area contributed by atoms with E-state index in [1.807, 2.05) is 12.3 Å². The van der Waals surface area contributed by atoms with Gasteiger partial charge in [-0.3, -0.25) is 0 Å². The molecule has 8 rings (SSSR count). The van der Waals surface area contributed by atoms with Gasteiger partial charge in [0.05, 0.1) is 0 Å². The van der Waals surface area contributed by atoms with E-state index >= 15 is 0 Å². The number of anilines is 2. The van der Waals surface area contributed by atoms with Crippen molar-refractivity contribution in [2.75, 3.05) is 31.6 Å². The molecule has 6 nitrogen and oxygen atoms in total. The number of piperidine rings is 1. The van der Waals surface area contributed by atoms with Gasteiger partial charge in [0.2, 0.25) is 0 Å². The third kappa shape index (κ3) is 7.36. The van der Waals surface area contributed by atoms with Crippen LogP contribution in [0.15, 0.2) is 91.1 Å². The molecule has 2 aliphatic rings. The average Bonchev–Trinajstić information content (AvgIpc) is 3.45. The average molecular weight is 925 g/mol. The van der Waals surface area contributed by atoms with E-state index in [4.69, 9.17) is 9.72 Å². The molecule has 7 heteroatoms. The van der Waals surface area contributed by atoms with E-state index in [2.05, 4.69) is 199 Å². The number of likely N-dealkylation sites (tertiary alicyclic amines) is 1. The van der Waals surface area contributed by atoms with E-state index in [1.165, 1.54) is 28.7 Å². The number of benzene rings is 4. The third-order valence-electron chi connectivity index (χ3n) is 11.7. The number of imidazole rings is 1. The Bertz CT molecular complexity index is 2460. The Hall–Kier alpha value is -4.25. The first kappa shape index (κ1) is 38.6. The molecule has 0 radical (unpaired) electrons. The maximum absolute atomic E-state index is 6.68. The molecule has 6 aromatic rings. The Kier molecular flexibility index (Phi) is 9.85. The van der Waals surface area contributed by atoms with Crippen LogP contribution in [0.1, 0.15) is 96.9 Å². The minimum atomic E-state index is 0.00613. The van der Waals surface area contributed by atoms with Crippen molar-refractivity contribution in [3.05, 3.63) is 129 Å². The summed E-state index contributed by atoms with van der Waals surface area (Å²) in [4.78, 5) is 9.77. The fraction of sp³-hybridized carbons (Fsp3) is 0.388. The zero-order valence-corrected chi connectivity index (χ0v) is 36.9. The Morgan fingerprint density at radius 1 is 0.696 bits per heavy atom. The summed E-state index contributed by atoms with van der Waals surface area (Å²) in [5.74, 6) is 3.30. The number of ether oxygens (including phenoxy) is 1. The van der Waals surface area contributed by atoms with Gasteiger partial charge >= 0.3 is 277 Å². The van der Waals surface area contributed by atoms with Gasteiger partial charge in [-0.15, -0.1) is 0 Å². The molecule has 2 atom stereocenters. The van der Waals surface area contributed by atoms with Crippen LogP contribution < -0.4 is 9.64 Å². The van der Waals surface area contributed by atoms with Crippen molar-refractivity contribution < 1.29 is 24.1 Å². The fourth-order valence-corrected chi connectivity index (χ4v) is 9.41. The molecule has 0 spiro atoms. The second-order valence-electron chi connectivity index (χ2n) is 19.0. The summed E-state index contributed by atoms with van der Waals surface area (Å²) in [7, 11) is 2.24. The summed E-state index contributed by atoms with van der Waals surface area (Å²) in [5, 5.41) is 0. The molecule has 1 fully saturated rings. The number of para-hydroxylation sites is 2.